The monoisotopic (exact) mass is 170 g/mol. The largest absolute Gasteiger partial charge is 0.497 e. The van der Waals surface area contributed by atoms with Gasteiger partial charge in [0.1, 0.15) is 13.2 Å². The minimum atomic E-state index is -0.427. The summed E-state index contributed by atoms with van der Waals surface area (Å²) in [4.78, 5) is 11.0. The van der Waals surface area contributed by atoms with E-state index >= 15 is 0 Å². The summed E-state index contributed by atoms with van der Waals surface area (Å²) in [6.45, 7) is 0.268. The highest BCUT2D eigenvalue weighted by atomic mass is 16.5. The van der Waals surface area contributed by atoms with Gasteiger partial charge in [0.15, 0.2) is 0 Å². The van der Waals surface area contributed by atoms with Gasteiger partial charge in [-0.2, -0.15) is 0 Å². The van der Waals surface area contributed by atoms with Crippen LogP contribution in [0.2, 0.25) is 0 Å². The predicted octanol–water partition coefficient (Wildman–Crippen LogP) is -0.00780. The van der Waals surface area contributed by atoms with Gasteiger partial charge in [0, 0.05) is 0 Å². The number of carbonyl (C=O) groups excluding carboxylic acids is 1. The molecule has 0 unspecified atom stereocenters. The first-order chi connectivity index (χ1) is 5.84. The molecule has 1 heterocycles. The summed E-state index contributed by atoms with van der Waals surface area (Å²) < 4.78 is 9.51. The SMILES string of the molecule is O=C(OCCO)C1=CCOC=C1. The Bertz CT molecular complexity index is 217. The summed E-state index contributed by atoms with van der Waals surface area (Å²) >= 11 is 0. The van der Waals surface area contributed by atoms with Gasteiger partial charge in [0.25, 0.3) is 0 Å². The maximum Gasteiger partial charge on any atom is 0.338 e. The predicted molar refractivity (Wildman–Crippen MR) is 41.2 cm³/mol. The molecule has 0 bridgehead atoms. The van der Waals surface area contributed by atoms with Gasteiger partial charge in [0.05, 0.1) is 18.4 Å². The molecule has 0 saturated heterocycles. The molecule has 0 amide bonds. The summed E-state index contributed by atoms with van der Waals surface area (Å²) in [5, 5.41) is 8.37. The highest BCUT2D eigenvalue weighted by molar-refractivity contribution is 5.91. The van der Waals surface area contributed by atoms with Crippen molar-refractivity contribution in [3.05, 3.63) is 24.0 Å². The zero-order chi connectivity index (χ0) is 8.81. The van der Waals surface area contributed by atoms with Gasteiger partial charge in [-0.25, -0.2) is 4.79 Å². The highest BCUT2D eigenvalue weighted by Gasteiger charge is 2.09. The average Bonchev–Trinajstić information content (AvgIpc) is 2.15. The van der Waals surface area contributed by atoms with Crippen LogP contribution in [0, 0.1) is 0 Å². The van der Waals surface area contributed by atoms with E-state index in [2.05, 4.69) is 4.74 Å². The summed E-state index contributed by atoms with van der Waals surface area (Å²) in [7, 11) is 0. The molecule has 0 aromatic rings. The van der Waals surface area contributed by atoms with E-state index in [0.29, 0.717) is 12.2 Å². The third-order valence-corrected chi connectivity index (χ3v) is 1.30. The molecule has 0 aromatic carbocycles. The average molecular weight is 170 g/mol. The van der Waals surface area contributed by atoms with Gasteiger partial charge in [0.2, 0.25) is 0 Å². The van der Waals surface area contributed by atoms with Gasteiger partial charge >= 0.3 is 5.97 Å². The standard InChI is InChI=1S/C8H10O4/c9-3-6-12-8(10)7-1-4-11-5-2-7/h1-2,4,9H,3,5-6H2. The molecular weight excluding hydrogens is 160 g/mol. The van der Waals surface area contributed by atoms with Crippen molar-refractivity contribution in [1.29, 1.82) is 0 Å². The van der Waals surface area contributed by atoms with Crippen molar-refractivity contribution in [3.8, 4) is 0 Å². The summed E-state index contributed by atoms with van der Waals surface area (Å²) in [6, 6.07) is 0. The van der Waals surface area contributed by atoms with Crippen LogP contribution in [0.1, 0.15) is 0 Å². The molecule has 12 heavy (non-hydrogen) atoms. The first-order valence-electron chi connectivity index (χ1n) is 3.61. The Hall–Kier alpha value is -1.29. The van der Waals surface area contributed by atoms with E-state index in [-0.39, 0.29) is 13.2 Å². The zero-order valence-corrected chi connectivity index (χ0v) is 6.53. The lowest BCUT2D eigenvalue weighted by molar-refractivity contribution is -0.139. The number of ether oxygens (including phenoxy) is 2. The number of esters is 1. The van der Waals surface area contributed by atoms with Gasteiger partial charge in [-0.05, 0) is 12.2 Å². The van der Waals surface area contributed by atoms with Crippen LogP contribution in [0.3, 0.4) is 0 Å². The lowest BCUT2D eigenvalue weighted by Gasteiger charge is -2.06. The summed E-state index contributed by atoms with van der Waals surface area (Å²) in [6.07, 6.45) is 4.60. The molecule has 0 saturated carbocycles. The van der Waals surface area contributed by atoms with Crippen molar-refractivity contribution in [2.45, 2.75) is 0 Å². The van der Waals surface area contributed by atoms with E-state index in [1.807, 2.05) is 0 Å². The van der Waals surface area contributed by atoms with Crippen molar-refractivity contribution in [2.75, 3.05) is 19.8 Å². The van der Waals surface area contributed by atoms with E-state index < -0.39 is 5.97 Å². The van der Waals surface area contributed by atoms with Gasteiger partial charge in [-0.3, -0.25) is 0 Å². The number of aliphatic hydroxyl groups excluding tert-OH is 1. The molecule has 1 N–H and O–H groups in total. The highest BCUT2D eigenvalue weighted by Crippen LogP contribution is 2.05. The fourth-order valence-corrected chi connectivity index (χ4v) is 0.756. The Morgan fingerprint density at radius 1 is 1.75 bits per heavy atom. The van der Waals surface area contributed by atoms with Crippen LogP contribution >= 0.6 is 0 Å². The van der Waals surface area contributed by atoms with Crippen LogP contribution < -0.4 is 0 Å². The summed E-state index contributed by atoms with van der Waals surface area (Å²) in [5.41, 5.74) is 0.467. The second-order valence-corrected chi connectivity index (χ2v) is 2.16. The maximum atomic E-state index is 11.0. The van der Waals surface area contributed by atoms with Gasteiger partial charge in [-0.15, -0.1) is 0 Å². The van der Waals surface area contributed by atoms with E-state index in [1.165, 1.54) is 12.3 Å². The molecule has 1 aliphatic heterocycles. The molecule has 0 spiro atoms. The number of carbonyl (C=O) groups is 1. The van der Waals surface area contributed by atoms with Crippen LogP contribution in [0.15, 0.2) is 24.0 Å². The van der Waals surface area contributed by atoms with Crippen LogP contribution in [0.5, 0.6) is 0 Å². The molecular formula is C8H10O4. The molecule has 66 valence electrons. The van der Waals surface area contributed by atoms with E-state index in [9.17, 15) is 4.79 Å². The van der Waals surface area contributed by atoms with Crippen LogP contribution in [-0.2, 0) is 14.3 Å². The lowest BCUT2D eigenvalue weighted by atomic mass is 10.2. The molecule has 0 aromatic heterocycles. The van der Waals surface area contributed by atoms with E-state index in [4.69, 9.17) is 9.84 Å². The van der Waals surface area contributed by atoms with E-state index in [1.54, 1.807) is 6.08 Å². The Morgan fingerprint density at radius 3 is 3.17 bits per heavy atom. The fourth-order valence-electron chi connectivity index (χ4n) is 0.756. The Balaban J connectivity index is 2.41. The third-order valence-electron chi connectivity index (χ3n) is 1.30. The minimum absolute atomic E-state index is 0.0326. The van der Waals surface area contributed by atoms with Crippen LogP contribution in [-0.4, -0.2) is 30.9 Å². The molecule has 0 atom stereocenters. The number of hydrogen-bond acceptors (Lipinski definition) is 4. The van der Waals surface area contributed by atoms with Gasteiger partial charge in [-0.1, -0.05) is 0 Å². The molecule has 0 fully saturated rings. The molecule has 1 rings (SSSR count). The maximum absolute atomic E-state index is 11.0. The topological polar surface area (TPSA) is 55.8 Å². The fraction of sp³-hybridized carbons (Fsp3) is 0.375. The summed E-state index contributed by atoms with van der Waals surface area (Å²) in [5.74, 6) is -0.427. The molecule has 0 radical (unpaired) electrons. The second kappa shape index (κ2) is 4.56. The van der Waals surface area contributed by atoms with Crippen molar-refractivity contribution >= 4 is 5.97 Å². The van der Waals surface area contributed by atoms with E-state index in [0.717, 1.165) is 0 Å². The number of rotatable bonds is 3. The quantitative estimate of drug-likeness (QED) is 0.605. The zero-order valence-electron chi connectivity index (χ0n) is 6.53. The van der Waals surface area contributed by atoms with Crippen LogP contribution in [0.25, 0.3) is 0 Å². The van der Waals surface area contributed by atoms with Gasteiger partial charge < -0.3 is 14.6 Å². The molecule has 0 aliphatic carbocycles. The Morgan fingerprint density at radius 2 is 2.58 bits per heavy atom. The van der Waals surface area contributed by atoms with Crippen LogP contribution in [0.4, 0.5) is 0 Å². The second-order valence-electron chi connectivity index (χ2n) is 2.16. The normalized spacial score (nSPS) is 14.9. The molecule has 1 aliphatic rings. The molecule has 4 nitrogen and oxygen atoms in total. The Kier molecular flexibility index (Phi) is 3.35. The van der Waals surface area contributed by atoms with Crippen molar-refractivity contribution < 1.29 is 19.4 Å². The first-order valence-corrected chi connectivity index (χ1v) is 3.61. The van der Waals surface area contributed by atoms with Crippen molar-refractivity contribution in [3.63, 3.8) is 0 Å². The lowest BCUT2D eigenvalue weighted by Crippen LogP contribution is -2.11. The van der Waals surface area contributed by atoms with Crippen molar-refractivity contribution in [1.82, 2.24) is 0 Å². The first kappa shape index (κ1) is 8.80. The molecule has 4 heteroatoms. The number of hydrogen-bond donors (Lipinski definition) is 1. The third kappa shape index (κ3) is 2.39. The Labute approximate surface area is 70.1 Å². The van der Waals surface area contributed by atoms with Crippen molar-refractivity contribution in [2.24, 2.45) is 0 Å². The number of aliphatic hydroxyl groups is 1. The minimum Gasteiger partial charge on any atom is -0.497 e. The smallest absolute Gasteiger partial charge is 0.338 e.